The zero-order valence-corrected chi connectivity index (χ0v) is 10.2. The third kappa shape index (κ3) is 4.53. The Kier molecular flexibility index (Phi) is 4.06. The molecule has 0 aromatic rings. The Balaban J connectivity index is 2.45. The summed E-state index contributed by atoms with van der Waals surface area (Å²) in [4.78, 5) is 11.6. The van der Waals surface area contributed by atoms with Gasteiger partial charge in [0.25, 0.3) is 0 Å². The molecule has 1 rings (SSSR count). The summed E-state index contributed by atoms with van der Waals surface area (Å²) < 4.78 is 42.3. The quantitative estimate of drug-likeness (QED) is 0.728. The molecule has 6 heteroatoms. The molecule has 2 atom stereocenters. The van der Waals surface area contributed by atoms with E-state index in [1.54, 1.807) is 20.8 Å². The molecule has 1 aliphatic heterocycles. The average molecular weight is 253 g/mol. The van der Waals surface area contributed by atoms with Gasteiger partial charge in [0.05, 0.1) is 5.92 Å². The number of halogens is 3. The highest BCUT2D eigenvalue weighted by Crippen LogP contribution is 2.32. The first-order valence-electron chi connectivity index (χ1n) is 5.62. The molecule has 1 aliphatic rings. The maximum Gasteiger partial charge on any atom is 0.393 e. The van der Waals surface area contributed by atoms with E-state index in [-0.39, 0.29) is 19.4 Å². The van der Waals surface area contributed by atoms with Crippen LogP contribution in [-0.2, 0) is 9.53 Å². The minimum Gasteiger partial charge on any atom is -0.459 e. The standard InChI is InChI=1S/C11H18F3NO2/c1-10(2,3)17-9(16)8-5-4-7(6-15-8)11(12,13)14/h7-8,15H,4-6H2,1-3H3/t7-,8-/m1/s1. The van der Waals surface area contributed by atoms with Gasteiger partial charge in [-0.05, 0) is 33.6 Å². The summed E-state index contributed by atoms with van der Waals surface area (Å²) in [7, 11) is 0. The van der Waals surface area contributed by atoms with Crippen molar-refractivity contribution >= 4 is 5.97 Å². The lowest BCUT2D eigenvalue weighted by Gasteiger charge is -2.31. The van der Waals surface area contributed by atoms with Gasteiger partial charge in [0.1, 0.15) is 11.6 Å². The Hall–Kier alpha value is -0.780. The summed E-state index contributed by atoms with van der Waals surface area (Å²) in [6.45, 7) is 4.97. The molecule has 100 valence electrons. The molecule has 0 amide bonds. The number of nitrogens with one attached hydrogen (secondary N) is 1. The molecule has 0 aromatic heterocycles. The van der Waals surface area contributed by atoms with Crippen LogP contribution in [0.5, 0.6) is 0 Å². The maximum atomic E-state index is 12.4. The minimum absolute atomic E-state index is 0.0274. The number of piperidine rings is 1. The van der Waals surface area contributed by atoms with Crippen molar-refractivity contribution in [1.82, 2.24) is 5.32 Å². The molecule has 1 heterocycles. The van der Waals surface area contributed by atoms with Crippen LogP contribution in [0, 0.1) is 5.92 Å². The molecule has 0 bridgehead atoms. The van der Waals surface area contributed by atoms with Crippen LogP contribution in [0.2, 0.25) is 0 Å². The van der Waals surface area contributed by atoms with Gasteiger partial charge in [0.2, 0.25) is 0 Å². The third-order valence-corrected chi connectivity index (χ3v) is 2.57. The van der Waals surface area contributed by atoms with Crippen LogP contribution in [-0.4, -0.2) is 30.3 Å². The monoisotopic (exact) mass is 253 g/mol. The van der Waals surface area contributed by atoms with E-state index in [1.807, 2.05) is 0 Å². The zero-order chi connectivity index (χ0) is 13.3. The van der Waals surface area contributed by atoms with Crippen LogP contribution in [0.15, 0.2) is 0 Å². The number of ether oxygens (including phenoxy) is 1. The molecular weight excluding hydrogens is 235 g/mol. The molecule has 1 fully saturated rings. The lowest BCUT2D eigenvalue weighted by atomic mass is 9.94. The predicted molar refractivity (Wildman–Crippen MR) is 56.4 cm³/mol. The molecule has 0 unspecified atom stereocenters. The first-order valence-corrected chi connectivity index (χ1v) is 5.62. The molecule has 0 aromatic carbocycles. The fourth-order valence-corrected chi connectivity index (χ4v) is 1.71. The minimum atomic E-state index is -4.19. The van der Waals surface area contributed by atoms with E-state index in [0.29, 0.717) is 0 Å². The van der Waals surface area contributed by atoms with Crippen LogP contribution in [0.4, 0.5) is 13.2 Å². The number of esters is 1. The Morgan fingerprint density at radius 3 is 2.18 bits per heavy atom. The second kappa shape index (κ2) is 4.84. The molecule has 1 saturated heterocycles. The van der Waals surface area contributed by atoms with Crippen molar-refractivity contribution in [2.45, 2.75) is 51.4 Å². The van der Waals surface area contributed by atoms with Gasteiger partial charge in [0.15, 0.2) is 0 Å². The summed E-state index contributed by atoms with van der Waals surface area (Å²) in [6, 6.07) is -0.618. The third-order valence-electron chi connectivity index (χ3n) is 2.57. The first-order chi connectivity index (χ1) is 7.59. The average Bonchev–Trinajstić information content (AvgIpc) is 2.14. The Labute approximate surface area is 98.7 Å². The number of hydrogen-bond donors (Lipinski definition) is 1. The van der Waals surface area contributed by atoms with E-state index in [9.17, 15) is 18.0 Å². The number of alkyl halides is 3. The molecule has 1 N–H and O–H groups in total. The highest BCUT2D eigenvalue weighted by atomic mass is 19.4. The van der Waals surface area contributed by atoms with E-state index >= 15 is 0 Å². The molecule has 17 heavy (non-hydrogen) atoms. The molecule has 0 radical (unpaired) electrons. The van der Waals surface area contributed by atoms with Gasteiger partial charge < -0.3 is 10.1 Å². The van der Waals surface area contributed by atoms with E-state index in [2.05, 4.69) is 5.32 Å². The number of hydrogen-bond acceptors (Lipinski definition) is 3. The van der Waals surface area contributed by atoms with Gasteiger partial charge in [-0.2, -0.15) is 13.2 Å². The second-order valence-corrected chi connectivity index (χ2v) is 5.31. The van der Waals surface area contributed by atoms with Crippen molar-refractivity contribution in [2.75, 3.05) is 6.54 Å². The van der Waals surface area contributed by atoms with E-state index in [1.165, 1.54) is 0 Å². The van der Waals surface area contributed by atoms with Crippen molar-refractivity contribution < 1.29 is 22.7 Å². The molecule has 3 nitrogen and oxygen atoms in total. The molecular formula is C11H18F3NO2. The summed E-state index contributed by atoms with van der Waals surface area (Å²) >= 11 is 0. The van der Waals surface area contributed by atoms with E-state index < -0.39 is 29.7 Å². The lowest BCUT2D eigenvalue weighted by Crippen LogP contribution is -2.49. The molecule has 0 spiro atoms. The van der Waals surface area contributed by atoms with Crippen molar-refractivity contribution in [3.63, 3.8) is 0 Å². The number of rotatable bonds is 1. The lowest BCUT2D eigenvalue weighted by molar-refractivity contribution is -0.183. The largest absolute Gasteiger partial charge is 0.459 e. The SMILES string of the molecule is CC(C)(C)OC(=O)[C@H]1CC[C@@H](C(F)(F)F)CN1. The molecule has 0 saturated carbocycles. The predicted octanol–water partition coefficient (Wildman–Crippen LogP) is 2.26. The van der Waals surface area contributed by atoms with E-state index in [4.69, 9.17) is 4.74 Å². The summed E-state index contributed by atoms with van der Waals surface area (Å²) in [5.41, 5.74) is -0.611. The van der Waals surface area contributed by atoms with Crippen LogP contribution in [0.25, 0.3) is 0 Å². The van der Waals surface area contributed by atoms with Crippen molar-refractivity contribution in [2.24, 2.45) is 5.92 Å². The topological polar surface area (TPSA) is 38.3 Å². The summed E-state index contributed by atoms with van der Waals surface area (Å²) in [6.07, 6.45) is -4.05. The van der Waals surface area contributed by atoms with Gasteiger partial charge in [-0.25, -0.2) is 0 Å². The highest BCUT2D eigenvalue weighted by molar-refractivity contribution is 5.76. The molecule has 0 aliphatic carbocycles. The Morgan fingerprint density at radius 2 is 1.82 bits per heavy atom. The van der Waals surface area contributed by atoms with Crippen molar-refractivity contribution in [1.29, 1.82) is 0 Å². The highest BCUT2D eigenvalue weighted by Gasteiger charge is 2.43. The number of carbonyl (C=O) groups excluding carboxylic acids is 1. The van der Waals surface area contributed by atoms with Gasteiger partial charge in [-0.15, -0.1) is 0 Å². The van der Waals surface area contributed by atoms with Gasteiger partial charge >= 0.3 is 12.1 Å². The summed E-state index contributed by atoms with van der Waals surface area (Å²) in [5.74, 6) is -1.83. The smallest absolute Gasteiger partial charge is 0.393 e. The first kappa shape index (κ1) is 14.3. The fraction of sp³-hybridized carbons (Fsp3) is 0.909. The van der Waals surface area contributed by atoms with Crippen LogP contribution in [0.1, 0.15) is 33.6 Å². The van der Waals surface area contributed by atoms with Gasteiger partial charge in [-0.1, -0.05) is 0 Å². The van der Waals surface area contributed by atoms with Crippen LogP contribution in [0.3, 0.4) is 0 Å². The normalized spacial score (nSPS) is 26.7. The van der Waals surface area contributed by atoms with Crippen molar-refractivity contribution in [3.8, 4) is 0 Å². The zero-order valence-electron chi connectivity index (χ0n) is 10.2. The van der Waals surface area contributed by atoms with Crippen LogP contribution >= 0.6 is 0 Å². The van der Waals surface area contributed by atoms with Gasteiger partial charge in [0, 0.05) is 6.54 Å². The van der Waals surface area contributed by atoms with Gasteiger partial charge in [-0.3, -0.25) is 4.79 Å². The second-order valence-electron chi connectivity index (χ2n) is 5.31. The Bertz CT molecular complexity index is 275. The van der Waals surface area contributed by atoms with Crippen LogP contribution < -0.4 is 5.32 Å². The fourth-order valence-electron chi connectivity index (χ4n) is 1.71. The van der Waals surface area contributed by atoms with Crippen molar-refractivity contribution in [3.05, 3.63) is 0 Å². The Morgan fingerprint density at radius 1 is 1.24 bits per heavy atom. The van der Waals surface area contributed by atoms with E-state index in [0.717, 1.165) is 0 Å². The maximum absolute atomic E-state index is 12.4. The number of carbonyl (C=O) groups is 1. The summed E-state index contributed by atoms with van der Waals surface area (Å²) in [5, 5.41) is 2.60.